The largest absolute Gasteiger partial charge is 0.496 e. The van der Waals surface area contributed by atoms with E-state index in [2.05, 4.69) is 37.3 Å². The molecule has 0 aliphatic heterocycles. The number of hydrogen-bond acceptors (Lipinski definition) is 9. The van der Waals surface area contributed by atoms with Crippen LogP contribution in [0.25, 0.3) is 16.8 Å². The molecule has 4 N–H and O–H groups in total. The van der Waals surface area contributed by atoms with Gasteiger partial charge >= 0.3 is 6.18 Å². The molecule has 8 nitrogen and oxygen atoms in total. The molecule has 0 amide bonds. The Labute approximate surface area is 215 Å². The van der Waals surface area contributed by atoms with Gasteiger partial charge in [-0.3, -0.25) is 9.98 Å². The molecule has 1 saturated carbocycles. The Bertz CT molecular complexity index is 1400. The zero-order valence-electron chi connectivity index (χ0n) is 19.9. The van der Waals surface area contributed by atoms with Gasteiger partial charge in [-0.2, -0.15) is 13.2 Å². The zero-order valence-corrected chi connectivity index (χ0v) is 20.7. The minimum atomic E-state index is -4.59. The lowest BCUT2D eigenvalue weighted by Gasteiger charge is -2.20. The number of allylic oxidation sites excluding steroid dienone is 1. The van der Waals surface area contributed by atoms with Crippen molar-refractivity contribution in [3.05, 3.63) is 58.4 Å². The van der Waals surface area contributed by atoms with Gasteiger partial charge in [-0.25, -0.2) is 0 Å². The zero-order chi connectivity index (χ0) is 26.6. The fraction of sp³-hybridized carbons (Fsp3) is 0.280. The number of nitrogens with one attached hydrogen (secondary N) is 1. The van der Waals surface area contributed by atoms with Crippen LogP contribution in [0.2, 0.25) is 0 Å². The molecule has 0 spiro atoms. The highest BCUT2D eigenvalue weighted by atomic mass is 32.1. The molecule has 37 heavy (non-hydrogen) atoms. The number of nitrogens with zero attached hydrogens (tertiary/aromatic N) is 4. The van der Waals surface area contributed by atoms with Crippen LogP contribution < -0.4 is 15.8 Å². The summed E-state index contributed by atoms with van der Waals surface area (Å²) in [4.78, 5) is 8.14. The highest BCUT2D eigenvalue weighted by Crippen LogP contribution is 2.40. The van der Waals surface area contributed by atoms with E-state index >= 15 is 0 Å². The van der Waals surface area contributed by atoms with Gasteiger partial charge in [0, 0.05) is 36.5 Å². The fourth-order valence-electron chi connectivity index (χ4n) is 3.33. The summed E-state index contributed by atoms with van der Waals surface area (Å²) >= 11 is 1.15. The predicted octanol–water partition coefficient (Wildman–Crippen LogP) is 4.49. The minimum Gasteiger partial charge on any atom is -0.496 e. The topological polar surface area (TPSA) is 119 Å². The number of rotatable bonds is 7. The van der Waals surface area contributed by atoms with Crippen molar-refractivity contribution in [3.63, 3.8) is 0 Å². The van der Waals surface area contributed by atoms with E-state index in [9.17, 15) is 18.3 Å². The number of aromatic nitrogens is 3. The summed E-state index contributed by atoms with van der Waals surface area (Å²) in [7, 11) is 2.91. The molecule has 1 aliphatic rings. The first kappa shape index (κ1) is 26.1. The van der Waals surface area contributed by atoms with Crippen LogP contribution in [0.15, 0.2) is 41.5 Å². The molecular weight excluding hydrogens is 505 g/mol. The number of aliphatic hydroxyl groups is 1. The van der Waals surface area contributed by atoms with Crippen LogP contribution in [-0.2, 0) is 6.18 Å². The van der Waals surface area contributed by atoms with E-state index in [4.69, 9.17) is 10.5 Å². The molecule has 192 valence electrons. The summed E-state index contributed by atoms with van der Waals surface area (Å²) < 4.78 is 46.0. The Morgan fingerprint density at radius 1 is 1.30 bits per heavy atom. The maximum Gasteiger partial charge on any atom is 0.416 e. The second-order valence-corrected chi connectivity index (χ2v) is 9.08. The van der Waals surface area contributed by atoms with E-state index in [0.717, 1.165) is 36.3 Å². The summed E-state index contributed by atoms with van der Waals surface area (Å²) in [6.45, 7) is 0. The predicted molar refractivity (Wildman–Crippen MR) is 136 cm³/mol. The first-order chi connectivity index (χ1) is 17.7. The Morgan fingerprint density at radius 2 is 2.08 bits per heavy atom. The van der Waals surface area contributed by atoms with E-state index in [1.165, 1.54) is 37.7 Å². The lowest BCUT2D eigenvalue weighted by molar-refractivity contribution is -0.137. The van der Waals surface area contributed by atoms with Gasteiger partial charge in [0.25, 0.3) is 0 Å². The van der Waals surface area contributed by atoms with Gasteiger partial charge in [-0.1, -0.05) is 17.3 Å². The second-order valence-electron chi connectivity index (χ2n) is 8.10. The summed E-state index contributed by atoms with van der Waals surface area (Å²) in [5, 5.41) is 22.6. The van der Waals surface area contributed by atoms with E-state index in [-0.39, 0.29) is 39.0 Å². The maximum atomic E-state index is 13.5. The number of nitrogens with two attached hydrogens (primary N) is 1. The van der Waals surface area contributed by atoms with Gasteiger partial charge in [-0.05, 0) is 54.7 Å². The Kier molecular flexibility index (Phi) is 7.75. The third kappa shape index (κ3) is 6.44. The monoisotopic (exact) mass is 528 g/mol. The molecule has 0 bridgehead atoms. The van der Waals surface area contributed by atoms with Gasteiger partial charge in [0.2, 0.25) is 5.13 Å². The van der Waals surface area contributed by atoms with E-state index < -0.39 is 18.0 Å². The molecule has 1 fully saturated rings. The normalized spacial score (nSPS) is 14.8. The summed E-state index contributed by atoms with van der Waals surface area (Å²) in [6.07, 6.45) is 0.474. The average molecular weight is 529 g/mol. The fourth-order valence-corrected chi connectivity index (χ4v) is 3.96. The van der Waals surface area contributed by atoms with Gasteiger partial charge in [0.1, 0.15) is 5.75 Å². The molecule has 1 atom stereocenters. The molecule has 2 aromatic heterocycles. The molecular formula is C25H23F3N6O2S. The smallest absolute Gasteiger partial charge is 0.416 e. The Hall–Kier alpha value is -3.95. The number of benzene rings is 1. The number of anilines is 1. The average Bonchev–Trinajstić information content (AvgIpc) is 3.62. The van der Waals surface area contributed by atoms with Crippen molar-refractivity contribution in [2.24, 2.45) is 16.6 Å². The summed E-state index contributed by atoms with van der Waals surface area (Å²) in [6, 6.07) is 4.59. The summed E-state index contributed by atoms with van der Waals surface area (Å²) in [5.74, 6) is 6.61. The van der Waals surface area contributed by atoms with Crippen molar-refractivity contribution in [2.45, 2.75) is 25.2 Å². The molecule has 1 aromatic carbocycles. The van der Waals surface area contributed by atoms with E-state index in [1.54, 1.807) is 7.05 Å². The van der Waals surface area contributed by atoms with Crippen molar-refractivity contribution in [1.82, 2.24) is 15.2 Å². The highest BCUT2D eigenvalue weighted by molar-refractivity contribution is 7.15. The molecule has 1 unspecified atom stereocenters. The van der Waals surface area contributed by atoms with E-state index in [1.807, 2.05) is 0 Å². The van der Waals surface area contributed by atoms with E-state index in [0.29, 0.717) is 10.9 Å². The Morgan fingerprint density at radius 3 is 2.76 bits per heavy atom. The molecule has 3 aromatic rings. The van der Waals surface area contributed by atoms with Crippen molar-refractivity contribution in [1.29, 1.82) is 0 Å². The van der Waals surface area contributed by atoms with Crippen LogP contribution in [-0.4, -0.2) is 40.7 Å². The second kappa shape index (κ2) is 11.0. The van der Waals surface area contributed by atoms with Gasteiger partial charge in [0.05, 0.1) is 24.1 Å². The van der Waals surface area contributed by atoms with Crippen molar-refractivity contribution in [2.75, 3.05) is 19.5 Å². The number of pyridine rings is 1. The number of halogens is 3. The Balaban J connectivity index is 1.76. The molecule has 2 heterocycles. The number of aliphatic imine (C=N–C) groups is 1. The lowest BCUT2D eigenvalue weighted by Crippen LogP contribution is -2.13. The van der Waals surface area contributed by atoms with Crippen LogP contribution in [0.3, 0.4) is 0 Å². The number of methoxy groups -OCH3 is 1. The lowest BCUT2D eigenvalue weighted by atomic mass is 9.96. The first-order valence-electron chi connectivity index (χ1n) is 11.1. The van der Waals surface area contributed by atoms with Crippen molar-refractivity contribution >= 4 is 28.4 Å². The number of hydrogen-bond donors (Lipinski definition) is 3. The summed E-state index contributed by atoms with van der Waals surface area (Å²) in [5.41, 5.74) is 6.24. The van der Waals surface area contributed by atoms with Crippen LogP contribution in [0.5, 0.6) is 5.75 Å². The molecule has 0 radical (unpaired) electrons. The quantitative estimate of drug-likeness (QED) is 0.235. The van der Waals surface area contributed by atoms with Gasteiger partial charge < -0.3 is 20.9 Å². The van der Waals surface area contributed by atoms with Crippen molar-refractivity contribution < 1.29 is 23.0 Å². The third-order valence-corrected chi connectivity index (χ3v) is 6.16. The molecule has 4 rings (SSSR count). The SMILES string of the molecule is CN=C/C=C(\N)c1cc(-c2cc(C(F)(F)F)ccc2OC)c(C(O)Nc2nnc(C#CC3CC3)s2)cn1. The molecule has 12 heteroatoms. The molecule has 0 saturated heterocycles. The van der Waals surface area contributed by atoms with Crippen LogP contribution in [0, 0.1) is 17.8 Å². The first-order valence-corrected chi connectivity index (χ1v) is 11.9. The minimum absolute atomic E-state index is 0.0991. The number of alkyl halides is 3. The molecule has 1 aliphatic carbocycles. The maximum absolute atomic E-state index is 13.5. The van der Waals surface area contributed by atoms with Gasteiger partial charge in [0.15, 0.2) is 11.2 Å². The van der Waals surface area contributed by atoms with Crippen LogP contribution in [0.1, 0.15) is 40.9 Å². The van der Waals surface area contributed by atoms with Crippen LogP contribution >= 0.6 is 11.3 Å². The highest BCUT2D eigenvalue weighted by Gasteiger charge is 2.32. The van der Waals surface area contributed by atoms with Crippen molar-refractivity contribution in [3.8, 4) is 28.7 Å². The standard InChI is InChI=1S/C25H23F3N6O2S/c1-30-10-9-19(29)20-12-16(17-11-15(25(26,27)28)6-7-21(17)36-2)18(13-31-20)23(35)32-24-34-33-22(37-24)8-5-14-3-4-14/h6-7,9-14,23,35H,3-4,29H2,1-2H3,(H,32,34)/b19-9-,30-10?. The van der Waals surface area contributed by atoms with Gasteiger partial charge in [-0.15, -0.1) is 10.2 Å². The third-order valence-electron chi connectivity index (χ3n) is 5.39. The number of ether oxygens (including phenoxy) is 1. The number of aliphatic hydroxyl groups excluding tert-OH is 1. The van der Waals surface area contributed by atoms with Crippen LogP contribution in [0.4, 0.5) is 18.3 Å².